The van der Waals surface area contributed by atoms with Crippen LogP contribution in [0.2, 0.25) is 0 Å². The number of hydrogen-bond acceptors (Lipinski definition) is 4. The van der Waals surface area contributed by atoms with Gasteiger partial charge in [0.25, 0.3) is 0 Å². The van der Waals surface area contributed by atoms with E-state index in [1.165, 1.54) is 6.92 Å². The summed E-state index contributed by atoms with van der Waals surface area (Å²) in [6, 6.07) is -0.531. The van der Waals surface area contributed by atoms with E-state index >= 15 is 0 Å². The lowest BCUT2D eigenvalue weighted by Crippen LogP contribution is -2.45. The topological polar surface area (TPSA) is 57.6 Å². The highest BCUT2D eigenvalue weighted by molar-refractivity contribution is 5.78. The second-order valence-corrected chi connectivity index (χ2v) is 3.79. The Morgan fingerprint density at radius 3 is 2.85 bits per heavy atom. The number of carbonyl (C=O) groups is 2. The van der Waals surface area contributed by atoms with Gasteiger partial charge in [-0.15, -0.1) is 0 Å². The summed E-state index contributed by atoms with van der Waals surface area (Å²) in [5, 5.41) is 10.00. The highest BCUT2D eigenvalue weighted by Gasteiger charge is 2.45. The summed E-state index contributed by atoms with van der Waals surface area (Å²) in [5.74, 6) is -0.0790. The summed E-state index contributed by atoms with van der Waals surface area (Å²) in [5.41, 5.74) is -1.14. The van der Waals surface area contributed by atoms with Gasteiger partial charge in [0.15, 0.2) is 0 Å². The van der Waals surface area contributed by atoms with E-state index in [-0.39, 0.29) is 12.2 Å². The zero-order valence-corrected chi connectivity index (χ0v) is 7.99. The average molecular weight is 185 g/mol. The average Bonchev–Trinajstić information content (AvgIpc) is 2.25. The molecule has 2 atom stereocenters. The van der Waals surface area contributed by atoms with Crippen LogP contribution in [-0.4, -0.2) is 47.3 Å². The third-order valence-electron chi connectivity index (χ3n) is 2.61. The Hall–Kier alpha value is -0.740. The number of rotatable bonds is 3. The minimum atomic E-state index is -1.14. The number of likely N-dealkylation sites (N-methyl/N-ethyl adjacent to an activating group) is 1. The lowest BCUT2D eigenvalue weighted by atomic mass is 9.90. The molecule has 0 saturated carbocycles. The molecule has 0 aromatic rings. The van der Waals surface area contributed by atoms with E-state index in [4.69, 9.17) is 0 Å². The molecule has 0 aromatic carbocycles. The van der Waals surface area contributed by atoms with E-state index in [9.17, 15) is 14.7 Å². The molecule has 13 heavy (non-hydrogen) atoms. The first-order valence-electron chi connectivity index (χ1n) is 4.37. The molecule has 4 heteroatoms. The Morgan fingerprint density at radius 1 is 1.77 bits per heavy atom. The fraction of sp³-hybridized carbons (Fsp3) is 0.778. The summed E-state index contributed by atoms with van der Waals surface area (Å²) in [7, 11) is 1.77. The molecule has 0 aliphatic carbocycles. The van der Waals surface area contributed by atoms with Crippen LogP contribution in [-0.2, 0) is 9.59 Å². The molecule has 0 amide bonds. The van der Waals surface area contributed by atoms with Crippen LogP contribution in [0.25, 0.3) is 0 Å². The maximum absolute atomic E-state index is 10.9. The van der Waals surface area contributed by atoms with Gasteiger partial charge >= 0.3 is 0 Å². The van der Waals surface area contributed by atoms with Crippen LogP contribution in [0.3, 0.4) is 0 Å². The van der Waals surface area contributed by atoms with Crippen molar-refractivity contribution in [2.24, 2.45) is 0 Å². The van der Waals surface area contributed by atoms with E-state index in [2.05, 4.69) is 0 Å². The zero-order chi connectivity index (χ0) is 10.1. The highest BCUT2D eigenvalue weighted by atomic mass is 16.3. The monoisotopic (exact) mass is 185 g/mol. The lowest BCUT2D eigenvalue weighted by Gasteiger charge is -2.27. The van der Waals surface area contributed by atoms with Crippen molar-refractivity contribution in [1.82, 2.24) is 4.90 Å². The lowest BCUT2D eigenvalue weighted by molar-refractivity contribution is -0.126. The predicted octanol–water partition coefficient (Wildman–Crippen LogP) is -0.400. The molecule has 0 aromatic heterocycles. The normalized spacial score (nSPS) is 34.8. The van der Waals surface area contributed by atoms with E-state index in [1.807, 2.05) is 0 Å². The molecule has 1 aliphatic heterocycles. The van der Waals surface area contributed by atoms with E-state index in [0.29, 0.717) is 13.0 Å². The molecular weight excluding hydrogens is 170 g/mol. The Labute approximate surface area is 77.5 Å². The number of aliphatic hydroxyl groups is 1. The van der Waals surface area contributed by atoms with Crippen molar-refractivity contribution in [3.8, 4) is 0 Å². The molecule has 0 spiro atoms. The Bertz CT molecular complexity index is 229. The van der Waals surface area contributed by atoms with E-state index in [0.717, 1.165) is 6.29 Å². The fourth-order valence-electron chi connectivity index (χ4n) is 1.92. The highest BCUT2D eigenvalue weighted by Crippen LogP contribution is 2.29. The largest absolute Gasteiger partial charge is 0.387 e. The van der Waals surface area contributed by atoms with Gasteiger partial charge in [0.2, 0.25) is 0 Å². The van der Waals surface area contributed by atoms with Crippen LogP contribution in [0.15, 0.2) is 0 Å². The van der Waals surface area contributed by atoms with Crippen molar-refractivity contribution < 1.29 is 14.7 Å². The molecule has 1 aliphatic rings. The second-order valence-electron chi connectivity index (χ2n) is 3.79. The molecular formula is C9H15NO3. The molecule has 2 unspecified atom stereocenters. The van der Waals surface area contributed by atoms with Gasteiger partial charge in [-0.05, 0) is 20.4 Å². The third kappa shape index (κ3) is 1.95. The molecule has 0 radical (unpaired) electrons. The molecule has 1 N–H and O–H groups in total. The van der Waals surface area contributed by atoms with Gasteiger partial charge in [0, 0.05) is 13.0 Å². The number of carbonyl (C=O) groups excluding carboxylic acids is 2. The standard InChI is InChI=1S/C9H15NO3/c1-7(12)5-9(13)3-4-10(2)8(9)6-11/h6,8,13H,3-5H2,1-2H3. The van der Waals surface area contributed by atoms with Crippen molar-refractivity contribution >= 4 is 12.1 Å². The maximum Gasteiger partial charge on any atom is 0.140 e. The third-order valence-corrected chi connectivity index (χ3v) is 2.61. The zero-order valence-electron chi connectivity index (χ0n) is 7.99. The molecule has 1 saturated heterocycles. The first-order valence-corrected chi connectivity index (χ1v) is 4.37. The van der Waals surface area contributed by atoms with E-state index < -0.39 is 11.6 Å². The quantitative estimate of drug-likeness (QED) is 0.608. The van der Waals surface area contributed by atoms with Crippen LogP contribution >= 0.6 is 0 Å². The SMILES string of the molecule is CC(=O)CC1(O)CCN(C)C1C=O. The maximum atomic E-state index is 10.9. The summed E-state index contributed by atoms with van der Waals surface area (Å²) in [6.07, 6.45) is 1.28. The molecule has 0 bridgehead atoms. The van der Waals surface area contributed by atoms with Crippen LogP contribution in [0.5, 0.6) is 0 Å². The van der Waals surface area contributed by atoms with Crippen molar-refractivity contribution in [2.45, 2.75) is 31.4 Å². The number of Topliss-reactive ketones (excluding diaryl/α,β-unsaturated/α-hetero) is 1. The summed E-state index contributed by atoms with van der Waals surface area (Å²) < 4.78 is 0. The van der Waals surface area contributed by atoms with Crippen LogP contribution < -0.4 is 0 Å². The molecule has 4 nitrogen and oxygen atoms in total. The van der Waals surface area contributed by atoms with Crippen molar-refractivity contribution in [2.75, 3.05) is 13.6 Å². The van der Waals surface area contributed by atoms with E-state index in [1.54, 1.807) is 11.9 Å². The first kappa shape index (κ1) is 10.3. The second kappa shape index (κ2) is 3.55. The van der Waals surface area contributed by atoms with Gasteiger partial charge < -0.3 is 9.90 Å². The predicted molar refractivity (Wildman–Crippen MR) is 47.3 cm³/mol. The minimum Gasteiger partial charge on any atom is -0.387 e. The summed E-state index contributed by atoms with van der Waals surface area (Å²) >= 11 is 0. The molecule has 1 rings (SSSR count). The van der Waals surface area contributed by atoms with Crippen LogP contribution in [0, 0.1) is 0 Å². The molecule has 74 valence electrons. The number of hydrogen-bond donors (Lipinski definition) is 1. The van der Waals surface area contributed by atoms with Crippen molar-refractivity contribution in [3.05, 3.63) is 0 Å². The number of ketones is 1. The number of nitrogens with zero attached hydrogens (tertiary/aromatic N) is 1. The molecule has 1 fully saturated rings. The minimum absolute atomic E-state index is 0.0702. The van der Waals surface area contributed by atoms with Gasteiger partial charge in [0.05, 0.1) is 11.6 Å². The Kier molecular flexibility index (Phi) is 2.83. The van der Waals surface area contributed by atoms with Crippen molar-refractivity contribution in [3.63, 3.8) is 0 Å². The van der Waals surface area contributed by atoms with Gasteiger partial charge in [-0.25, -0.2) is 0 Å². The van der Waals surface area contributed by atoms with Gasteiger partial charge in [-0.3, -0.25) is 9.69 Å². The smallest absolute Gasteiger partial charge is 0.140 e. The number of aldehydes is 1. The number of likely N-dealkylation sites (tertiary alicyclic amines) is 1. The fourth-order valence-corrected chi connectivity index (χ4v) is 1.92. The Balaban J connectivity index is 2.77. The molecule has 1 heterocycles. The van der Waals surface area contributed by atoms with Crippen molar-refractivity contribution in [1.29, 1.82) is 0 Å². The summed E-state index contributed by atoms with van der Waals surface area (Å²) in [6.45, 7) is 2.09. The van der Waals surface area contributed by atoms with Crippen LogP contribution in [0.4, 0.5) is 0 Å². The van der Waals surface area contributed by atoms with Gasteiger partial charge in [-0.1, -0.05) is 0 Å². The first-order chi connectivity index (χ1) is 5.99. The Morgan fingerprint density at radius 2 is 2.38 bits per heavy atom. The van der Waals surface area contributed by atoms with Crippen LogP contribution in [0.1, 0.15) is 19.8 Å². The van der Waals surface area contributed by atoms with Gasteiger partial charge in [0.1, 0.15) is 12.1 Å². The summed E-state index contributed by atoms with van der Waals surface area (Å²) in [4.78, 5) is 23.4. The van der Waals surface area contributed by atoms with Gasteiger partial charge in [-0.2, -0.15) is 0 Å².